The molecule has 0 unspecified atom stereocenters. The Kier molecular flexibility index (Phi) is 9.88. The van der Waals surface area contributed by atoms with Gasteiger partial charge in [-0.25, -0.2) is 5.43 Å². The molecule has 3 amide bonds. The van der Waals surface area contributed by atoms with Gasteiger partial charge in [-0.3, -0.25) is 14.4 Å². The van der Waals surface area contributed by atoms with Gasteiger partial charge in [-0.05, 0) is 60.0 Å². The smallest absolute Gasteiger partial charge is 0.329 e. The van der Waals surface area contributed by atoms with Crippen LogP contribution in [-0.2, 0) is 20.8 Å². The summed E-state index contributed by atoms with van der Waals surface area (Å²) in [6, 6.07) is 16.7. The number of nitrogens with one attached hydrogen (secondary N) is 3. The van der Waals surface area contributed by atoms with Crippen LogP contribution in [0.2, 0.25) is 10.0 Å². The van der Waals surface area contributed by atoms with Crippen LogP contribution in [-0.4, -0.2) is 37.7 Å². The van der Waals surface area contributed by atoms with E-state index in [2.05, 4.69) is 21.2 Å². The van der Waals surface area contributed by atoms with Crippen LogP contribution >= 0.6 is 23.2 Å². The van der Waals surface area contributed by atoms with Gasteiger partial charge >= 0.3 is 11.8 Å². The van der Waals surface area contributed by atoms with Gasteiger partial charge in [0.15, 0.2) is 18.1 Å². The highest BCUT2D eigenvalue weighted by atomic mass is 35.5. The minimum Gasteiger partial charge on any atom is -0.493 e. The standard InChI is InChI=1S/C26H24Cl2N4O5/c1-3-17-6-4-5-7-21(17)31-25(34)26(35)32-29-14-16-8-9-22(23(10-16)36-2)37-15-24(33)30-20-12-18(27)11-19(28)13-20/h4-14H,3,15H2,1-2H3,(H,30,33)(H,31,34)(H,32,35)/b29-14-. The number of hydrogen-bond donors (Lipinski definition) is 3. The first-order valence-electron chi connectivity index (χ1n) is 11.1. The van der Waals surface area contributed by atoms with Gasteiger partial charge in [-0.2, -0.15) is 5.10 Å². The van der Waals surface area contributed by atoms with Gasteiger partial charge in [0.2, 0.25) is 0 Å². The SMILES string of the molecule is CCc1ccccc1NC(=O)C(=O)N/N=C\c1ccc(OCC(=O)Nc2cc(Cl)cc(Cl)c2)c(OC)c1. The molecule has 0 saturated heterocycles. The number of anilines is 2. The van der Waals surface area contributed by atoms with E-state index in [-0.39, 0.29) is 6.61 Å². The van der Waals surface area contributed by atoms with Gasteiger partial charge in [0, 0.05) is 21.4 Å². The molecule has 3 rings (SSSR count). The van der Waals surface area contributed by atoms with Crippen LogP contribution in [0, 0.1) is 0 Å². The molecular formula is C26H24Cl2N4O5. The lowest BCUT2D eigenvalue weighted by Crippen LogP contribution is -2.32. The zero-order valence-electron chi connectivity index (χ0n) is 20.0. The first kappa shape index (κ1) is 27.5. The minimum absolute atomic E-state index is 0.291. The highest BCUT2D eigenvalue weighted by Crippen LogP contribution is 2.28. The molecule has 9 nitrogen and oxygen atoms in total. The fourth-order valence-electron chi connectivity index (χ4n) is 3.20. The lowest BCUT2D eigenvalue weighted by molar-refractivity contribution is -0.136. The molecule has 0 atom stereocenters. The van der Waals surface area contributed by atoms with Crippen LogP contribution < -0.4 is 25.5 Å². The number of hydrogen-bond acceptors (Lipinski definition) is 6. The van der Waals surface area contributed by atoms with Gasteiger partial charge in [0.1, 0.15) is 0 Å². The van der Waals surface area contributed by atoms with Gasteiger partial charge in [-0.1, -0.05) is 48.3 Å². The molecule has 3 aromatic carbocycles. The maximum atomic E-state index is 12.2. The molecule has 0 aliphatic carbocycles. The third kappa shape index (κ3) is 8.23. The monoisotopic (exact) mass is 542 g/mol. The van der Waals surface area contributed by atoms with Crippen LogP contribution in [0.5, 0.6) is 11.5 Å². The minimum atomic E-state index is -0.916. The summed E-state index contributed by atoms with van der Waals surface area (Å²) in [7, 11) is 1.44. The first-order chi connectivity index (χ1) is 17.8. The van der Waals surface area contributed by atoms with E-state index in [1.54, 1.807) is 48.5 Å². The van der Waals surface area contributed by atoms with E-state index in [4.69, 9.17) is 32.7 Å². The number of aryl methyl sites for hydroxylation is 1. The van der Waals surface area contributed by atoms with Crippen molar-refractivity contribution < 1.29 is 23.9 Å². The molecule has 37 heavy (non-hydrogen) atoms. The lowest BCUT2D eigenvalue weighted by Gasteiger charge is -2.12. The summed E-state index contributed by atoms with van der Waals surface area (Å²) in [6.45, 7) is 1.66. The fraction of sp³-hybridized carbons (Fsp3) is 0.154. The number of amides is 3. The zero-order chi connectivity index (χ0) is 26.8. The molecule has 0 radical (unpaired) electrons. The van der Waals surface area contributed by atoms with E-state index < -0.39 is 17.7 Å². The summed E-state index contributed by atoms with van der Waals surface area (Å²) in [6.07, 6.45) is 2.05. The second-order valence-corrected chi connectivity index (χ2v) is 8.44. The zero-order valence-corrected chi connectivity index (χ0v) is 21.5. The quantitative estimate of drug-likeness (QED) is 0.206. The molecule has 192 valence electrons. The summed E-state index contributed by atoms with van der Waals surface area (Å²) in [4.78, 5) is 36.5. The number of methoxy groups -OCH3 is 1. The number of halogens is 2. The molecular weight excluding hydrogens is 519 g/mol. The Hall–Kier alpha value is -4.08. The number of rotatable bonds is 9. The Morgan fingerprint density at radius 3 is 2.35 bits per heavy atom. The maximum Gasteiger partial charge on any atom is 0.329 e. The number of carbonyl (C=O) groups excluding carboxylic acids is 3. The van der Waals surface area contributed by atoms with Crippen LogP contribution in [0.25, 0.3) is 0 Å². The Bertz CT molecular complexity index is 1310. The molecule has 0 fully saturated rings. The normalized spacial score (nSPS) is 10.6. The van der Waals surface area contributed by atoms with Crippen molar-refractivity contribution in [2.45, 2.75) is 13.3 Å². The van der Waals surface area contributed by atoms with Crippen LogP contribution in [0.4, 0.5) is 11.4 Å². The average Bonchev–Trinajstić information content (AvgIpc) is 2.87. The molecule has 11 heteroatoms. The number of nitrogens with zero attached hydrogens (tertiary/aromatic N) is 1. The molecule has 0 saturated carbocycles. The van der Waals surface area contributed by atoms with Crippen molar-refractivity contribution in [2.75, 3.05) is 24.4 Å². The predicted octanol–water partition coefficient (Wildman–Crippen LogP) is 4.67. The Balaban J connectivity index is 1.54. The topological polar surface area (TPSA) is 118 Å². The lowest BCUT2D eigenvalue weighted by atomic mass is 10.1. The number of benzene rings is 3. The molecule has 0 aliphatic rings. The fourth-order valence-corrected chi connectivity index (χ4v) is 3.72. The highest BCUT2D eigenvalue weighted by Gasteiger charge is 2.14. The summed E-state index contributed by atoms with van der Waals surface area (Å²) in [5.74, 6) is -1.52. The summed E-state index contributed by atoms with van der Waals surface area (Å²) < 4.78 is 10.9. The Morgan fingerprint density at radius 1 is 0.919 bits per heavy atom. The van der Waals surface area contributed by atoms with E-state index in [1.165, 1.54) is 13.3 Å². The Labute approximate surface area is 223 Å². The van der Waals surface area contributed by atoms with Crippen molar-refractivity contribution in [3.05, 3.63) is 81.8 Å². The van der Waals surface area contributed by atoms with E-state index >= 15 is 0 Å². The van der Waals surface area contributed by atoms with Crippen molar-refractivity contribution in [2.24, 2.45) is 5.10 Å². The predicted molar refractivity (Wildman–Crippen MR) is 144 cm³/mol. The van der Waals surface area contributed by atoms with Crippen LogP contribution in [0.3, 0.4) is 0 Å². The van der Waals surface area contributed by atoms with Gasteiger partial charge in [0.05, 0.1) is 13.3 Å². The molecule has 0 aliphatic heterocycles. The third-order valence-electron chi connectivity index (χ3n) is 4.93. The van der Waals surface area contributed by atoms with E-state index in [9.17, 15) is 14.4 Å². The molecule has 0 heterocycles. The van der Waals surface area contributed by atoms with Gasteiger partial charge in [0.25, 0.3) is 5.91 Å². The molecule has 0 bridgehead atoms. The Morgan fingerprint density at radius 2 is 1.65 bits per heavy atom. The molecule has 0 spiro atoms. The van der Waals surface area contributed by atoms with Crippen molar-refractivity contribution in [3.8, 4) is 11.5 Å². The summed E-state index contributed by atoms with van der Waals surface area (Å²) in [5, 5.41) is 9.82. The van der Waals surface area contributed by atoms with E-state index in [1.807, 2.05) is 19.1 Å². The van der Waals surface area contributed by atoms with Crippen molar-refractivity contribution >= 4 is 58.5 Å². The third-order valence-corrected chi connectivity index (χ3v) is 5.36. The second-order valence-electron chi connectivity index (χ2n) is 7.57. The molecule has 3 N–H and O–H groups in total. The number of para-hydroxylation sites is 1. The van der Waals surface area contributed by atoms with E-state index in [0.29, 0.717) is 44.9 Å². The second kappa shape index (κ2) is 13.3. The summed E-state index contributed by atoms with van der Waals surface area (Å²) >= 11 is 11.9. The molecule has 3 aromatic rings. The largest absolute Gasteiger partial charge is 0.493 e. The number of carbonyl (C=O) groups is 3. The number of hydrazone groups is 1. The van der Waals surface area contributed by atoms with Gasteiger partial charge < -0.3 is 20.1 Å². The summed E-state index contributed by atoms with van der Waals surface area (Å²) in [5.41, 5.74) is 4.66. The first-order valence-corrected chi connectivity index (χ1v) is 11.8. The van der Waals surface area contributed by atoms with Crippen molar-refractivity contribution in [1.29, 1.82) is 0 Å². The van der Waals surface area contributed by atoms with Crippen molar-refractivity contribution in [1.82, 2.24) is 5.43 Å². The van der Waals surface area contributed by atoms with Crippen LogP contribution in [0.15, 0.2) is 65.8 Å². The van der Waals surface area contributed by atoms with Gasteiger partial charge in [-0.15, -0.1) is 0 Å². The van der Waals surface area contributed by atoms with Crippen LogP contribution in [0.1, 0.15) is 18.1 Å². The van der Waals surface area contributed by atoms with Crippen molar-refractivity contribution in [3.63, 3.8) is 0 Å². The molecule has 0 aromatic heterocycles. The maximum absolute atomic E-state index is 12.2. The average molecular weight is 543 g/mol. The van der Waals surface area contributed by atoms with E-state index in [0.717, 1.165) is 5.56 Å². The number of ether oxygens (including phenoxy) is 2. The highest BCUT2D eigenvalue weighted by molar-refractivity contribution is 6.39.